The van der Waals surface area contributed by atoms with Gasteiger partial charge in [-0.3, -0.25) is 0 Å². The minimum Gasteiger partial charge on any atom is -0.409 e. The fourth-order valence-corrected chi connectivity index (χ4v) is 2.54. The van der Waals surface area contributed by atoms with Crippen LogP contribution in [0.15, 0.2) is 53.5 Å². The Morgan fingerprint density at radius 1 is 1.19 bits per heavy atom. The molecule has 3 aromatic rings. The topological polar surface area (TPSA) is 98.5 Å². The monoisotopic (exact) mass is 353 g/mol. The summed E-state index contributed by atoms with van der Waals surface area (Å²) in [5.74, 6) is -0.160. The van der Waals surface area contributed by atoms with E-state index in [0.717, 1.165) is 15.9 Å². The number of nitro groups is 1. The third kappa shape index (κ3) is 3.34. The van der Waals surface area contributed by atoms with Crippen molar-refractivity contribution in [3.63, 3.8) is 0 Å². The molecule has 1 aromatic heterocycles. The van der Waals surface area contributed by atoms with E-state index in [1.54, 1.807) is 30.3 Å². The maximum atomic E-state index is 11.4. The van der Waals surface area contributed by atoms with Crippen molar-refractivity contribution in [3.8, 4) is 5.69 Å². The van der Waals surface area contributed by atoms with Crippen molar-refractivity contribution in [2.45, 2.75) is 26.7 Å². The summed E-state index contributed by atoms with van der Waals surface area (Å²) in [6, 6.07) is 14.4. The Labute approximate surface area is 149 Å². The largest absolute Gasteiger partial charge is 0.438 e. The molecule has 0 aliphatic carbocycles. The van der Waals surface area contributed by atoms with Crippen LogP contribution in [0.5, 0.6) is 0 Å². The van der Waals surface area contributed by atoms with Gasteiger partial charge in [-0.25, -0.2) is 4.99 Å². The third-order valence-electron chi connectivity index (χ3n) is 3.96. The van der Waals surface area contributed by atoms with Crippen molar-refractivity contribution in [2.75, 3.05) is 0 Å². The zero-order valence-corrected chi connectivity index (χ0v) is 14.7. The molecule has 0 radical (unpaired) electrons. The first-order valence-electron chi connectivity index (χ1n) is 8.14. The van der Waals surface area contributed by atoms with Gasteiger partial charge in [-0.1, -0.05) is 43.0 Å². The predicted molar refractivity (Wildman–Crippen MR) is 95.9 cm³/mol. The highest BCUT2D eigenvalue weighted by atomic mass is 16.6. The smallest absolute Gasteiger partial charge is 0.409 e. The molecule has 0 unspecified atom stereocenters. The first kappa shape index (κ1) is 17.4. The summed E-state index contributed by atoms with van der Waals surface area (Å²) in [4.78, 5) is 16.6. The lowest BCUT2D eigenvalue weighted by Crippen LogP contribution is -2.22. The Balaban J connectivity index is 2.15. The van der Waals surface area contributed by atoms with Gasteiger partial charge in [-0.05, 0) is 58.0 Å². The SMILES string of the molecule is Cc1cccc(-n2nc([N+](=O)[O-])c(=Nc3ccc(C(C)C)cc3)n2O)c1. The van der Waals surface area contributed by atoms with Crippen LogP contribution in [0.25, 0.3) is 5.69 Å². The molecular weight excluding hydrogens is 334 g/mol. The van der Waals surface area contributed by atoms with E-state index in [4.69, 9.17) is 0 Å². The lowest BCUT2D eigenvalue weighted by Gasteiger charge is -2.04. The third-order valence-corrected chi connectivity index (χ3v) is 3.96. The van der Waals surface area contributed by atoms with Gasteiger partial charge in [-0.2, -0.15) is 0 Å². The van der Waals surface area contributed by atoms with Crippen LogP contribution in [0.3, 0.4) is 0 Å². The average molecular weight is 353 g/mol. The summed E-state index contributed by atoms with van der Waals surface area (Å²) >= 11 is 0. The maximum absolute atomic E-state index is 11.4. The first-order chi connectivity index (χ1) is 12.4. The van der Waals surface area contributed by atoms with Crippen molar-refractivity contribution in [1.82, 2.24) is 14.7 Å². The number of hydrogen-bond donors (Lipinski definition) is 1. The van der Waals surface area contributed by atoms with Crippen molar-refractivity contribution >= 4 is 11.5 Å². The molecule has 1 N–H and O–H groups in total. The summed E-state index contributed by atoms with van der Waals surface area (Å²) in [5.41, 5.74) is 2.80. The fourth-order valence-electron chi connectivity index (χ4n) is 2.54. The highest BCUT2D eigenvalue weighted by molar-refractivity contribution is 5.40. The van der Waals surface area contributed by atoms with Gasteiger partial charge in [0.15, 0.2) is 0 Å². The molecule has 0 spiro atoms. The Hall–Kier alpha value is -3.42. The number of rotatable bonds is 4. The summed E-state index contributed by atoms with van der Waals surface area (Å²) in [6.07, 6.45) is 0. The summed E-state index contributed by atoms with van der Waals surface area (Å²) in [5, 5.41) is 25.7. The lowest BCUT2D eigenvalue weighted by molar-refractivity contribution is -0.391. The Morgan fingerprint density at radius 2 is 1.88 bits per heavy atom. The van der Waals surface area contributed by atoms with Crippen LogP contribution in [-0.4, -0.2) is 24.9 Å². The van der Waals surface area contributed by atoms with E-state index in [-0.39, 0.29) is 5.49 Å². The molecule has 0 aliphatic heterocycles. The van der Waals surface area contributed by atoms with Gasteiger partial charge in [0.25, 0.3) is 5.49 Å². The maximum Gasteiger partial charge on any atom is 0.438 e. The number of aryl methyl sites for hydroxylation is 1. The molecule has 0 saturated heterocycles. The quantitative estimate of drug-likeness (QED) is 0.441. The van der Waals surface area contributed by atoms with Crippen LogP contribution >= 0.6 is 0 Å². The second-order valence-electron chi connectivity index (χ2n) is 6.28. The second kappa shape index (κ2) is 6.83. The molecule has 134 valence electrons. The van der Waals surface area contributed by atoms with E-state index in [1.807, 2.05) is 25.1 Å². The van der Waals surface area contributed by atoms with Gasteiger partial charge < -0.3 is 15.3 Å². The molecule has 0 saturated carbocycles. The highest BCUT2D eigenvalue weighted by Gasteiger charge is 2.24. The number of hydrogen-bond acceptors (Lipinski definition) is 5. The van der Waals surface area contributed by atoms with Crippen LogP contribution in [0.2, 0.25) is 0 Å². The predicted octanol–water partition coefficient (Wildman–Crippen LogP) is 3.48. The molecule has 0 amide bonds. The number of aromatic nitrogens is 3. The van der Waals surface area contributed by atoms with Crippen molar-refractivity contribution in [2.24, 2.45) is 4.99 Å². The van der Waals surface area contributed by atoms with Crippen LogP contribution in [-0.2, 0) is 0 Å². The first-order valence-corrected chi connectivity index (χ1v) is 8.14. The molecule has 8 heteroatoms. The van der Waals surface area contributed by atoms with E-state index < -0.39 is 10.7 Å². The minimum atomic E-state index is -0.666. The molecule has 0 aliphatic rings. The second-order valence-corrected chi connectivity index (χ2v) is 6.28. The van der Waals surface area contributed by atoms with Gasteiger partial charge in [0.2, 0.25) is 0 Å². The molecule has 26 heavy (non-hydrogen) atoms. The van der Waals surface area contributed by atoms with Crippen LogP contribution in [0.4, 0.5) is 11.5 Å². The lowest BCUT2D eigenvalue weighted by atomic mass is 10.0. The van der Waals surface area contributed by atoms with Crippen molar-refractivity contribution in [1.29, 1.82) is 0 Å². The van der Waals surface area contributed by atoms with Crippen LogP contribution in [0, 0.1) is 17.0 Å². The van der Waals surface area contributed by atoms with Gasteiger partial charge in [0.05, 0.1) is 10.8 Å². The van der Waals surface area contributed by atoms with E-state index >= 15 is 0 Å². The average Bonchev–Trinajstić information content (AvgIpc) is 2.92. The van der Waals surface area contributed by atoms with Gasteiger partial charge in [-0.15, -0.1) is 0 Å². The van der Waals surface area contributed by atoms with Gasteiger partial charge in [0.1, 0.15) is 5.69 Å². The van der Waals surface area contributed by atoms with Gasteiger partial charge >= 0.3 is 5.82 Å². The summed E-state index contributed by atoms with van der Waals surface area (Å²) in [7, 11) is 0. The number of benzene rings is 2. The van der Waals surface area contributed by atoms with Crippen molar-refractivity contribution in [3.05, 3.63) is 75.3 Å². The summed E-state index contributed by atoms with van der Waals surface area (Å²) < 4.78 is 0. The fraction of sp³-hybridized carbons (Fsp3) is 0.222. The highest BCUT2D eigenvalue weighted by Crippen LogP contribution is 2.19. The zero-order valence-electron chi connectivity index (χ0n) is 14.7. The van der Waals surface area contributed by atoms with E-state index in [0.29, 0.717) is 22.1 Å². The van der Waals surface area contributed by atoms with E-state index in [9.17, 15) is 15.3 Å². The Morgan fingerprint density at radius 3 is 2.46 bits per heavy atom. The molecule has 0 bridgehead atoms. The van der Waals surface area contributed by atoms with E-state index in [1.165, 1.54) is 0 Å². The van der Waals surface area contributed by atoms with E-state index in [2.05, 4.69) is 23.9 Å². The molecule has 0 atom stereocenters. The zero-order chi connectivity index (χ0) is 18.8. The number of nitrogens with zero attached hydrogens (tertiary/aromatic N) is 5. The molecule has 1 heterocycles. The molecule has 0 fully saturated rings. The van der Waals surface area contributed by atoms with Crippen LogP contribution in [0.1, 0.15) is 30.9 Å². The molecule has 3 rings (SSSR count). The normalized spacial score (nSPS) is 11.9. The summed E-state index contributed by atoms with van der Waals surface area (Å²) in [6.45, 7) is 6.03. The Bertz CT molecular complexity index is 1020. The van der Waals surface area contributed by atoms with Crippen LogP contribution < -0.4 is 5.49 Å². The molecule has 2 aromatic carbocycles. The van der Waals surface area contributed by atoms with Crippen molar-refractivity contribution < 1.29 is 10.1 Å². The molecular formula is C18H19N5O3. The minimum absolute atomic E-state index is 0.242. The standard InChI is InChI=1S/C18H19N5O3/c1-12(2)14-7-9-15(10-8-14)19-17-18(23(25)26)20-21(22(17)24)16-6-4-5-13(3)11-16/h4-12,24H,1-3H3. The Kier molecular flexibility index (Phi) is 4.57. The van der Waals surface area contributed by atoms with Gasteiger partial charge in [0, 0.05) is 0 Å². The molecule has 8 nitrogen and oxygen atoms in total.